The fraction of sp³-hybridized carbons (Fsp3) is 0.650. The van der Waals surface area contributed by atoms with Crippen molar-refractivity contribution in [2.45, 2.75) is 44.6 Å². The van der Waals surface area contributed by atoms with Gasteiger partial charge in [0.15, 0.2) is 0 Å². The number of halogens is 2. The number of nitrogens with one attached hydrogen (secondary N) is 3. The molecule has 3 rings (SSSR count). The zero-order valence-corrected chi connectivity index (χ0v) is 17.8. The maximum absolute atomic E-state index is 12.4. The summed E-state index contributed by atoms with van der Waals surface area (Å²) < 4.78 is 0. The highest BCUT2D eigenvalue weighted by atomic mass is 35.5. The molecule has 1 aromatic carbocycles. The van der Waals surface area contributed by atoms with Crippen molar-refractivity contribution in [1.82, 2.24) is 10.2 Å². The Morgan fingerprint density at radius 3 is 2.37 bits per heavy atom. The van der Waals surface area contributed by atoms with Crippen molar-refractivity contribution >= 4 is 42.1 Å². The minimum atomic E-state index is 0. The van der Waals surface area contributed by atoms with Crippen LogP contribution in [0.5, 0.6) is 0 Å². The molecule has 2 aliphatic heterocycles. The number of para-hydroxylation sites is 2. The van der Waals surface area contributed by atoms with Crippen LogP contribution in [-0.2, 0) is 4.79 Å². The Hall–Kier alpha value is -1.01. The maximum atomic E-state index is 12.4. The molecule has 0 saturated carbocycles. The summed E-state index contributed by atoms with van der Waals surface area (Å²) in [6.07, 6.45) is 6.30. The van der Waals surface area contributed by atoms with Gasteiger partial charge in [0.05, 0.1) is 11.4 Å². The first kappa shape index (κ1) is 24.0. The lowest BCUT2D eigenvalue weighted by molar-refractivity contribution is -0.116. The summed E-state index contributed by atoms with van der Waals surface area (Å²) in [5.74, 6) is 0.829. The van der Waals surface area contributed by atoms with Crippen molar-refractivity contribution in [3.05, 3.63) is 24.3 Å². The third-order valence-electron chi connectivity index (χ3n) is 5.52. The Balaban J connectivity index is 0.00000182. The van der Waals surface area contributed by atoms with Crippen molar-refractivity contribution in [3.8, 4) is 0 Å². The molecular formula is C20H34Cl2N4O. The maximum Gasteiger partial charge on any atom is 0.224 e. The van der Waals surface area contributed by atoms with Gasteiger partial charge in [0.25, 0.3) is 0 Å². The van der Waals surface area contributed by atoms with E-state index in [-0.39, 0.29) is 30.7 Å². The number of anilines is 2. The van der Waals surface area contributed by atoms with E-state index in [4.69, 9.17) is 0 Å². The minimum Gasteiger partial charge on any atom is -0.381 e. The fourth-order valence-corrected chi connectivity index (χ4v) is 3.81. The first-order valence-corrected chi connectivity index (χ1v) is 9.75. The number of piperidine rings is 2. The number of hydrogen-bond donors (Lipinski definition) is 3. The van der Waals surface area contributed by atoms with E-state index in [1.165, 1.54) is 12.8 Å². The van der Waals surface area contributed by atoms with E-state index in [0.29, 0.717) is 18.4 Å². The number of carbonyl (C=O) groups is 1. The predicted octanol–water partition coefficient (Wildman–Crippen LogP) is 3.75. The quantitative estimate of drug-likeness (QED) is 0.660. The van der Waals surface area contributed by atoms with E-state index >= 15 is 0 Å². The highest BCUT2D eigenvalue weighted by Crippen LogP contribution is 2.25. The highest BCUT2D eigenvalue weighted by Gasteiger charge is 2.18. The summed E-state index contributed by atoms with van der Waals surface area (Å²) in [6.45, 7) is 4.44. The second-order valence-electron chi connectivity index (χ2n) is 7.55. The predicted molar refractivity (Wildman–Crippen MR) is 119 cm³/mol. The van der Waals surface area contributed by atoms with Crippen molar-refractivity contribution < 1.29 is 4.79 Å². The van der Waals surface area contributed by atoms with Crippen LogP contribution in [0.25, 0.3) is 0 Å². The summed E-state index contributed by atoms with van der Waals surface area (Å²) in [5.41, 5.74) is 1.96. The zero-order chi connectivity index (χ0) is 17.5. The van der Waals surface area contributed by atoms with Crippen molar-refractivity contribution in [2.75, 3.05) is 43.9 Å². The topological polar surface area (TPSA) is 56.4 Å². The Kier molecular flexibility index (Phi) is 11.1. The molecule has 0 aliphatic carbocycles. The van der Waals surface area contributed by atoms with Crippen molar-refractivity contribution in [1.29, 1.82) is 0 Å². The van der Waals surface area contributed by atoms with Crippen LogP contribution in [0.4, 0.5) is 11.4 Å². The molecule has 2 saturated heterocycles. The molecule has 0 aromatic heterocycles. The van der Waals surface area contributed by atoms with Gasteiger partial charge in [0, 0.05) is 12.5 Å². The molecule has 2 fully saturated rings. The standard InChI is InChI=1S/C20H32N4O.2ClH/c1-24-14-10-17(11-15-24)22-18-4-2-3-5-19(18)23-20(25)7-6-16-8-12-21-13-9-16;;/h2-5,16-17,21-22H,6-15H2,1H3,(H,23,25);2*1H. The molecule has 1 amide bonds. The summed E-state index contributed by atoms with van der Waals surface area (Å²) in [7, 11) is 2.17. The molecule has 3 N–H and O–H groups in total. The van der Waals surface area contributed by atoms with Gasteiger partial charge in [-0.1, -0.05) is 12.1 Å². The molecule has 0 spiro atoms. The monoisotopic (exact) mass is 416 g/mol. The van der Waals surface area contributed by atoms with Crippen molar-refractivity contribution in [3.63, 3.8) is 0 Å². The van der Waals surface area contributed by atoms with Gasteiger partial charge in [-0.05, 0) is 83.4 Å². The van der Waals surface area contributed by atoms with Gasteiger partial charge in [-0.25, -0.2) is 0 Å². The van der Waals surface area contributed by atoms with E-state index in [2.05, 4.69) is 34.0 Å². The molecule has 0 unspecified atom stereocenters. The second-order valence-corrected chi connectivity index (χ2v) is 7.55. The van der Waals surface area contributed by atoms with Crippen molar-refractivity contribution in [2.24, 2.45) is 5.92 Å². The summed E-state index contributed by atoms with van der Waals surface area (Å²) in [5, 5.41) is 10.1. The number of rotatable bonds is 6. The van der Waals surface area contributed by atoms with Gasteiger partial charge in [-0.2, -0.15) is 0 Å². The number of carbonyl (C=O) groups excluding carboxylic acids is 1. The van der Waals surface area contributed by atoms with Crippen LogP contribution in [0.1, 0.15) is 38.5 Å². The highest BCUT2D eigenvalue weighted by molar-refractivity contribution is 5.94. The lowest BCUT2D eigenvalue weighted by Crippen LogP contribution is -2.36. The summed E-state index contributed by atoms with van der Waals surface area (Å²) in [6, 6.07) is 8.58. The Morgan fingerprint density at radius 1 is 1.07 bits per heavy atom. The third-order valence-corrected chi connectivity index (χ3v) is 5.52. The molecule has 154 valence electrons. The average Bonchev–Trinajstić information content (AvgIpc) is 2.64. The van der Waals surface area contributed by atoms with Crippen LogP contribution in [0.15, 0.2) is 24.3 Å². The van der Waals surface area contributed by atoms with Gasteiger partial charge < -0.3 is 20.9 Å². The second kappa shape index (κ2) is 12.4. The largest absolute Gasteiger partial charge is 0.381 e. The molecule has 2 aliphatic rings. The molecular weight excluding hydrogens is 383 g/mol. The smallest absolute Gasteiger partial charge is 0.224 e. The molecule has 0 bridgehead atoms. The van der Waals surface area contributed by atoms with E-state index in [1.807, 2.05) is 18.2 Å². The van der Waals surface area contributed by atoms with Crippen LogP contribution < -0.4 is 16.0 Å². The molecule has 27 heavy (non-hydrogen) atoms. The lowest BCUT2D eigenvalue weighted by atomic mass is 9.93. The van der Waals surface area contributed by atoms with Crippen LogP contribution in [-0.4, -0.2) is 50.1 Å². The van der Waals surface area contributed by atoms with Crippen LogP contribution >= 0.6 is 24.8 Å². The molecule has 1 aromatic rings. The van der Waals surface area contributed by atoms with Gasteiger partial charge in [0.1, 0.15) is 0 Å². The fourth-order valence-electron chi connectivity index (χ4n) is 3.81. The molecule has 2 heterocycles. The number of benzene rings is 1. The minimum absolute atomic E-state index is 0. The van der Waals surface area contributed by atoms with Crippen LogP contribution in [0.2, 0.25) is 0 Å². The van der Waals surface area contributed by atoms with Gasteiger partial charge in [-0.3, -0.25) is 4.79 Å². The molecule has 0 atom stereocenters. The van der Waals surface area contributed by atoms with Gasteiger partial charge >= 0.3 is 0 Å². The number of amides is 1. The Morgan fingerprint density at radius 2 is 1.70 bits per heavy atom. The summed E-state index contributed by atoms with van der Waals surface area (Å²) >= 11 is 0. The Labute approximate surface area is 175 Å². The lowest BCUT2D eigenvalue weighted by Gasteiger charge is -2.30. The zero-order valence-electron chi connectivity index (χ0n) is 16.2. The third kappa shape index (κ3) is 7.86. The van der Waals surface area contributed by atoms with Gasteiger partial charge in [-0.15, -0.1) is 24.8 Å². The van der Waals surface area contributed by atoms with E-state index in [0.717, 1.165) is 56.8 Å². The number of nitrogens with zero attached hydrogens (tertiary/aromatic N) is 1. The molecule has 0 radical (unpaired) electrons. The van der Waals surface area contributed by atoms with E-state index in [9.17, 15) is 4.79 Å². The summed E-state index contributed by atoms with van der Waals surface area (Å²) in [4.78, 5) is 14.7. The van der Waals surface area contributed by atoms with E-state index < -0.39 is 0 Å². The van der Waals surface area contributed by atoms with E-state index in [1.54, 1.807) is 0 Å². The van der Waals surface area contributed by atoms with Crippen LogP contribution in [0, 0.1) is 5.92 Å². The first-order chi connectivity index (χ1) is 12.2. The first-order valence-electron chi connectivity index (χ1n) is 9.75. The SMILES string of the molecule is CN1CCC(Nc2ccccc2NC(=O)CCC2CCNCC2)CC1.Cl.Cl. The van der Waals surface area contributed by atoms with Gasteiger partial charge in [0.2, 0.25) is 5.91 Å². The average molecular weight is 417 g/mol. The Bertz CT molecular complexity index is 559. The van der Waals surface area contributed by atoms with Crippen LogP contribution in [0.3, 0.4) is 0 Å². The number of likely N-dealkylation sites (tertiary alicyclic amines) is 1. The molecule has 7 heteroatoms. The normalized spacial score (nSPS) is 18.9. The number of hydrogen-bond acceptors (Lipinski definition) is 4. The molecule has 5 nitrogen and oxygen atoms in total.